The lowest BCUT2D eigenvalue weighted by molar-refractivity contribution is 0.490. The molecule has 0 saturated heterocycles. The van der Waals surface area contributed by atoms with Crippen LogP contribution in [0.25, 0.3) is 0 Å². The van der Waals surface area contributed by atoms with Crippen molar-refractivity contribution in [2.45, 2.75) is 33.1 Å². The Morgan fingerprint density at radius 3 is 2.58 bits per heavy atom. The van der Waals surface area contributed by atoms with Crippen LogP contribution in [0.5, 0.6) is 0 Å². The van der Waals surface area contributed by atoms with Gasteiger partial charge in [-0.2, -0.15) is 0 Å². The van der Waals surface area contributed by atoms with E-state index in [1.54, 1.807) is 0 Å². The van der Waals surface area contributed by atoms with E-state index in [9.17, 15) is 0 Å². The summed E-state index contributed by atoms with van der Waals surface area (Å²) in [6.07, 6.45) is 7.52. The lowest BCUT2D eigenvalue weighted by Crippen LogP contribution is -2.01. The molecule has 0 aromatic carbocycles. The maximum Gasteiger partial charge on any atom is 0.0299 e. The molecule has 0 atom stereocenters. The van der Waals surface area contributed by atoms with E-state index < -0.39 is 0 Å². The molecule has 0 unspecified atom stereocenters. The van der Waals surface area contributed by atoms with Gasteiger partial charge in [0.2, 0.25) is 0 Å². The molecule has 0 aliphatic heterocycles. The average Bonchev–Trinajstić information content (AvgIpc) is 2.16. The predicted molar refractivity (Wildman–Crippen MR) is 52.0 cm³/mol. The van der Waals surface area contributed by atoms with Crippen LogP contribution in [-0.2, 0) is 6.42 Å². The Balaban J connectivity index is 2.51. The molecule has 1 aromatic heterocycles. The molecule has 0 spiro atoms. The standard InChI is InChI=1S/C11H17N/c1-3-10(4-2)8-11-6-5-7-12-9-11/h5-7,9-10H,3-4,8H2,1-2H3. The van der Waals surface area contributed by atoms with E-state index in [0.29, 0.717) is 0 Å². The SMILES string of the molecule is CCC(CC)Cc1cccnc1. The minimum absolute atomic E-state index is 0.828. The summed E-state index contributed by atoms with van der Waals surface area (Å²) in [6, 6.07) is 4.17. The molecule has 12 heavy (non-hydrogen) atoms. The van der Waals surface area contributed by atoms with Gasteiger partial charge < -0.3 is 0 Å². The van der Waals surface area contributed by atoms with Crippen LogP contribution in [0.2, 0.25) is 0 Å². The second-order valence-corrected chi connectivity index (χ2v) is 3.25. The fraction of sp³-hybridized carbons (Fsp3) is 0.545. The second kappa shape index (κ2) is 4.91. The molecule has 1 rings (SSSR count). The van der Waals surface area contributed by atoms with Gasteiger partial charge in [0.05, 0.1) is 0 Å². The molecular formula is C11H17N. The van der Waals surface area contributed by atoms with Crippen molar-refractivity contribution in [2.75, 3.05) is 0 Å². The molecule has 0 radical (unpaired) electrons. The number of nitrogens with zero attached hydrogens (tertiary/aromatic N) is 1. The molecule has 0 amide bonds. The van der Waals surface area contributed by atoms with Gasteiger partial charge in [0.25, 0.3) is 0 Å². The minimum atomic E-state index is 0.828. The van der Waals surface area contributed by atoms with E-state index in [1.807, 2.05) is 18.5 Å². The Hall–Kier alpha value is -0.850. The average molecular weight is 163 g/mol. The topological polar surface area (TPSA) is 12.9 Å². The first-order valence-corrected chi connectivity index (χ1v) is 4.75. The van der Waals surface area contributed by atoms with Gasteiger partial charge in [-0.3, -0.25) is 4.98 Å². The molecule has 0 N–H and O–H groups in total. The second-order valence-electron chi connectivity index (χ2n) is 3.25. The highest BCUT2D eigenvalue weighted by Gasteiger charge is 2.03. The Bertz CT molecular complexity index is 202. The number of hydrogen-bond acceptors (Lipinski definition) is 1. The number of hydrogen-bond donors (Lipinski definition) is 0. The quantitative estimate of drug-likeness (QED) is 0.664. The van der Waals surface area contributed by atoms with Crippen molar-refractivity contribution in [1.29, 1.82) is 0 Å². The Morgan fingerprint density at radius 2 is 2.08 bits per heavy atom. The number of aromatic nitrogens is 1. The molecule has 1 aromatic rings. The normalized spacial score (nSPS) is 10.6. The highest BCUT2D eigenvalue weighted by atomic mass is 14.6. The van der Waals surface area contributed by atoms with E-state index in [1.165, 1.54) is 24.8 Å². The molecule has 1 nitrogen and oxygen atoms in total. The first kappa shape index (κ1) is 9.24. The van der Waals surface area contributed by atoms with Crippen molar-refractivity contribution >= 4 is 0 Å². The van der Waals surface area contributed by atoms with Gasteiger partial charge in [0, 0.05) is 12.4 Å². The number of pyridine rings is 1. The van der Waals surface area contributed by atoms with Gasteiger partial charge in [-0.25, -0.2) is 0 Å². The lowest BCUT2D eigenvalue weighted by atomic mass is 9.96. The number of rotatable bonds is 4. The van der Waals surface area contributed by atoms with Crippen LogP contribution >= 0.6 is 0 Å². The zero-order valence-electron chi connectivity index (χ0n) is 7.96. The van der Waals surface area contributed by atoms with Crippen LogP contribution in [-0.4, -0.2) is 4.98 Å². The summed E-state index contributed by atoms with van der Waals surface area (Å²) in [4.78, 5) is 4.11. The summed E-state index contributed by atoms with van der Waals surface area (Å²) >= 11 is 0. The zero-order valence-corrected chi connectivity index (χ0v) is 7.96. The Labute approximate surface area is 74.8 Å². The van der Waals surface area contributed by atoms with Crippen LogP contribution in [0.3, 0.4) is 0 Å². The smallest absolute Gasteiger partial charge is 0.0299 e. The first-order valence-electron chi connectivity index (χ1n) is 4.75. The van der Waals surface area contributed by atoms with Gasteiger partial charge in [-0.05, 0) is 24.0 Å². The Morgan fingerprint density at radius 1 is 1.33 bits per heavy atom. The molecule has 1 heterocycles. The third kappa shape index (κ3) is 2.65. The first-order chi connectivity index (χ1) is 5.86. The molecule has 0 aliphatic rings. The molecule has 0 bridgehead atoms. The third-order valence-corrected chi connectivity index (χ3v) is 2.40. The summed E-state index contributed by atoms with van der Waals surface area (Å²) in [6.45, 7) is 4.51. The van der Waals surface area contributed by atoms with Crippen LogP contribution in [0.1, 0.15) is 32.3 Å². The fourth-order valence-corrected chi connectivity index (χ4v) is 1.43. The van der Waals surface area contributed by atoms with Gasteiger partial charge >= 0.3 is 0 Å². The molecule has 66 valence electrons. The van der Waals surface area contributed by atoms with E-state index in [0.717, 1.165) is 5.92 Å². The minimum Gasteiger partial charge on any atom is -0.264 e. The van der Waals surface area contributed by atoms with Crippen molar-refractivity contribution in [3.8, 4) is 0 Å². The van der Waals surface area contributed by atoms with Crippen LogP contribution < -0.4 is 0 Å². The van der Waals surface area contributed by atoms with Crippen LogP contribution in [0, 0.1) is 5.92 Å². The van der Waals surface area contributed by atoms with E-state index in [4.69, 9.17) is 0 Å². The van der Waals surface area contributed by atoms with Crippen molar-refractivity contribution < 1.29 is 0 Å². The van der Waals surface area contributed by atoms with E-state index in [2.05, 4.69) is 24.9 Å². The van der Waals surface area contributed by atoms with E-state index >= 15 is 0 Å². The highest BCUT2D eigenvalue weighted by Crippen LogP contribution is 2.13. The molecule has 0 fully saturated rings. The van der Waals surface area contributed by atoms with Gasteiger partial charge in [0.15, 0.2) is 0 Å². The van der Waals surface area contributed by atoms with Crippen molar-refractivity contribution in [1.82, 2.24) is 4.98 Å². The predicted octanol–water partition coefficient (Wildman–Crippen LogP) is 3.06. The summed E-state index contributed by atoms with van der Waals surface area (Å²) in [5.74, 6) is 0.828. The maximum absolute atomic E-state index is 4.11. The van der Waals surface area contributed by atoms with Gasteiger partial charge in [-0.15, -0.1) is 0 Å². The van der Waals surface area contributed by atoms with E-state index in [-0.39, 0.29) is 0 Å². The van der Waals surface area contributed by atoms with Crippen molar-refractivity contribution in [3.05, 3.63) is 30.1 Å². The van der Waals surface area contributed by atoms with Gasteiger partial charge in [0.1, 0.15) is 0 Å². The monoisotopic (exact) mass is 163 g/mol. The zero-order chi connectivity index (χ0) is 8.81. The fourth-order valence-electron chi connectivity index (χ4n) is 1.43. The molecule has 1 heteroatoms. The molecular weight excluding hydrogens is 146 g/mol. The molecule has 0 saturated carbocycles. The maximum atomic E-state index is 4.11. The Kier molecular flexibility index (Phi) is 3.78. The molecule has 0 aliphatic carbocycles. The summed E-state index contributed by atoms with van der Waals surface area (Å²) in [5.41, 5.74) is 1.37. The van der Waals surface area contributed by atoms with Crippen LogP contribution in [0.4, 0.5) is 0 Å². The van der Waals surface area contributed by atoms with Crippen LogP contribution in [0.15, 0.2) is 24.5 Å². The van der Waals surface area contributed by atoms with Gasteiger partial charge in [-0.1, -0.05) is 32.8 Å². The van der Waals surface area contributed by atoms with Crippen molar-refractivity contribution in [2.24, 2.45) is 5.92 Å². The lowest BCUT2D eigenvalue weighted by Gasteiger charge is -2.10. The van der Waals surface area contributed by atoms with Crippen molar-refractivity contribution in [3.63, 3.8) is 0 Å². The highest BCUT2D eigenvalue weighted by molar-refractivity contribution is 5.08. The summed E-state index contributed by atoms with van der Waals surface area (Å²) < 4.78 is 0. The summed E-state index contributed by atoms with van der Waals surface area (Å²) in [5, 5.41) is 0. The largest absolute Gasteiger partial charge is 0.264 e. The summed E-state index contributed by atoms with van der Waals surface area (Å²) in [7, 11) is 0. The third-order valence-electron chi connectivity index (χ3n) is 2.40.